The molecule has 2 heterocycles. The molecule has 0 aliphatic carbocycles. The molecule has 2 aromatic rings. The van der Waals surface area contributed by atoms with Crippen LogP contribution >= 0.6 is 0 Å². The Morgan fingerprint density at radius 3 is 2.71 bits per heavy atom. The van der Waals surface area contributed by atoms with E-state index in [9.17, 15) is 0 Å². The van der Waals surface area contributed by atoms with Crippen LogP contribution in [0.3, 0.4) is 0 Å². The average molecular weight is 188 g/mol. The smallest absolute Gasteiger partial charge is 0.146 e. The number of hydrogen-bond donors (Lipinski definition) is 1. The molecule has 2 aromatic heterocycles. The van der Waals surface area contributed by atoms with Crippen LogP contribution in [-0.4, -0.2) is 14.8 Å². The molecule has 0 amide bonds. The van der Waals surface area contributed by atoms with E-state index in [2.05, 4.69) is 17.0 Å². The number of anilines is 1. The van der Waals surface area contributed by atoms with E-state index in [0.29, 0.717) is 5.82 Å². The Morgan fingerprint density at radius 2 is 2.07 bits per heavy atom. The summed E-state index contributed by atoms with van der Waals surface area (Å²) in [4.78, 5) is 3.96. The van der Waals surface area contributed by atoms with E-state index in [1.165, 1.54) is 0 Å². The van der Waals surface area contributed by atoms with Crippen LogP contribution in [0.4, 0.5) is 5.82 Å². The fraction of sp³-hybridized carbons (Fsp3) is 0.200. The zero-order valence-corrected chi connectivity index (χ0v) is 8.01. The predicted octanol–water partition coefficient (Wildman–Crippen LogP) is 1.41. The Morgan fingerprint density at radius 1 is 1.36 bits per heavy atom. The molecule has 0 aromatic carbocycles. The molecule has 0 radical (unpaired) electrons. The third kappa shape index (κ3) is 1.46. The van der Waals surface area contributed by atoms with Crippen molar-refractivity contribution >= 4 is 5.82 Å². The Kier molecular flexibility index (Phi) is 2.18. The number of hydrogen-bond acceptors (Lipinski definition) is 3. The molecule has 0 unspecified atom stereocenters. The van der Waals surface area contributed by atoms with Gasteiger partial charge in [-0.3, -0.25) is 4.98 Å². The van der Waals surface area contributed by atoms with Gasteiger partial charge in [0.1, 0.15) is 5.82 Å². The summed E-state index contributed by atoms with van der Waals surface area (Å²) in [5, 5.41) is 4.22. The van der Waals surface area contributed by atoms with Gasteiger partial charge in [0, 0.05) is 24.2 Å². The minimum absolute atomic E-state index is 0.554. The largest absolute Gasteiger partial charge is 0.382 e. The summed E-state index contributed by atoms with van der Waals surface area (Å²) in [7, 11) is 0. The maximum absolute atomic E-state index is 5.64. The van der Waals surface area contributed by atoms with Gasteiger partial charge in [0.2, 0.25) is 0 Å². The van der Waals surface area contributed by atoms with Gasteiger partial charge in [-0.2, -0.15) is 5.10 Å². The lowest BCUT2D eigenvalue weighted by Gasteiger charge is -2.03. The fourth-order valence-electron chi connectivity index (χ4n) is 1.40. The van der Waals surface area contributed by atoms with Crippen molar-refractivity contribution in [3.05, 3.63) is 36.3 Å². The highest BCUT2D eigenvalue weighted by Crippen LogP contribution is 2.13. The van der Waals surface area contributed by atoms with Crippen LogP contribution in [0, 0.1) is 0 Å². The van der Waals surface area contributed by atoms with Crippen LogP contribution in [0.25, 0.3) is 5.69 Å². The molecule has 14 heavy (non-hydrogen) atoms. The first kappa shape index (κ1) is 8.74. The van der Waals surface area contributed by atoms with Gasteiger partial charge in [0.05, 0.1) is 5.69 Å². The molecule has 72 valence electrons. The van der Waals surface area contributed by atoms with Crippen LogP contribution in [0.2, 0.25) is 0 Å². The first-order valence-electron chi connectivity index (χ1n) is 4.56. The zero-order valence-electron chi connectivity index (χ0n) is 8.01. The second-order valence-corrected chi connectivity index (χ2v) is 3.03. The van der Waals surface area contributed by atoms with E-state index in [0.717, 1.165) is 17.8 Å². The van der Waals surface area contributed by atoms with Gasteiger partial charge >= 0.3 is 0 Å². The highest BCUT2D eigenvalue weighted by Gasteiger charge is 2.04. The van der Waals surface area contributed by atoms with Crippen LogP contribution in [0.1, 0.15) is 12.6 Å². The zero-order chi connectivity index (χ0) is 9.97. The molecule has 0 spiro atoms. The van der Waals surface area contributed by atoms with Gasteiger partial charge in [0.15, 0.2) is 0 Å². The quantitative estimate of drug-likeness (QED) is 0.775. The maximum atomic E-state index is 5.64. The van der Waals surface area contributed by atoms with Crippen molar-refractivity contribution < 1.29 is 0 Å². The lowest BCUT2D eigenvalue weighted by atomic mass is 10.3. The lowest BCUT2D eigenvalue weighted by molar-refractivity contribution is 0.815. The number of nitrogens with zero attached hydrogens (tertiary/aromatic N) is 3. The first-order chi connectivity index (χ1) is 6.81. The summed E-state index contributed by atoms with van der Waals surface area (Å²) < 4.78 is 1.84. The number of pyridine rings is 1. The van der Waals surface area contributed by atoms with Crippen LogP contribution in [0.5, 0.6) is 0 Å². The van der Waals surface area contributed by atoms with E-state index < -0.39 is 0 Å². The average Bonchev–Trinajstić information content (AvgIpc) is 2.61. The highest BCUT2D eigenvalue weighted by molar-refractivity contribution is 5.37. The molecule has 0 aliphatic rings. The molecule has 0 saturated heterocycles. The summed E-state index contributed by atoms with van der Waals surface area (Å²) in [6.07, 6.45) is 4.39. The molecule has 2 N–H and O–H groups in total. The summed E-state index contributed by atoms with van der Waals surface area (Å²) >= 11 is 0. The standard InChI is InChI=1S/C10H12N4/c1-2-8-7-10(11)13-14(8)9-3-5-12-6-4-9/h3-7H,2H2,1H3,(H2,11,13). The van der Waals surface area contributed by atoms with Gasteiger partial charge in [-0.25, -0.2) is 4.68 Å². The van der Waals surface area contributed by atoms with E-state index in [1.54, 1.807) is 12.4 Å². The van der Waals surface area contributed by atoms with Crippen molar-refractivity contribution in [3.8, 4) is 5.69 Å². The van der Waals surface area contributed by atoms with Crippen molar-refractivity contribution in [3.63, 3.8) is 0 Å². The third-order valence-electron chi connectivity index (χ3n) is 2.07. The first-order valence-corrected chi connectivity index (χ1v) is 4.56. The van der Waals surface area contributed by atoms with E-state index >= 15 is 0 Å². The molecule has 0 aliphatic heterocycles. The van der Waals surface area contributed by atoms with E-state index in [-0.39, 0.29) is 0 Å². The molecule has 4 heteroatoms. The van der Waals surface area contributed by atoms with E-state index in [1.807, 2.05) is 22.9 Å². The second-order valence-electron chi connectivity index (χ2n) is 3.03. The van der Waals surface area contributed by atoms with Crippen molar-refractivity contribution in [1.82, 2.24) is 14.8 Å². The highest BCUT2D eigenvalue weighted by atomic mass is 15.3. The van der Waals surface area contributed by atoms with E-state index in [4.69, 9.17) is 5.73 Å². The molecule has 4 nitrogen and oxygen atoms in total. The summed E-state index contributed by atoms with van der Waals surface area (Å²) in [6, 6.07) is 5.71. The van der Waals surface area contributed by atoms with Gasteiger partial charge < -0.3 is 5.73 Å². The van der Waals surface area contributed by atoms with Crippen molar-refractivity contribution in [2.75, 3.05) is 5.73 Å². The minimum atomic E-state index is 0.554. The molecule has 2 rings (SSSR count). The molecule has 0 bridgehead atoms. The van der Waals surface area contributed by atoms with Gasteiger partial charge in [-0.15, -0.1) is 0 Å². The molecular weight excluding hydrogens is 176 g/mol. The summed E-state index contributed by atoms with van der Waals surface area (Å²) in [5.41, 5.74) is 7.74. The van der Waals surface area contributed by atoms with Crippen molar-refractivity contribution in [1.29, 1.82) is 0 Å². The van der Waals surface area contributed by atoms with Gasteiger partial charge in [-0.1, -0.05) is 6.92 Å². The molecule has 0 saturated carbocycles. The fourth-order valence-corrected chi connectivity index (χ4v) is 1.40. The lowest BCUT2D eigenvalue weighted by Crippen LogP contribution is -2.01. The Hall–Kier alpha value is -1.84. The van der Waals surface area contributed by atoms with Crippen molar-refractivity contribution in [2.45, 2.75) is 13.3 Å². The van der Waals surface area contributed by atoms with Gasteiger partial charge in [-0.05, 0) is 18.6 Å². The van der Waals surface area contributed by atoms with Crippen molar-refractivity contribution in [2.24, 2.45) is 0 Å². The topological polar surface area (TPSA) is 56.7 Å². The second kappa shape index (κ2) is 3.49. The molecule has 0 fully saturated rings. The van der Waals surface area contributed by atoms with Crippen LogP contribution in [0.15, 0.2) is 30.6 Å². The minimum Gasteiger partial charge on any atom is -0.382 e. The Labute approximate surface area is 82.4 Å². The normalized spacial score (nSPS) is 10.4. The summed E-state index contributed by atoms with van der Waals surface area (Å²) in [5.74, 6) is 0.554. The number of aromatic nitrogens is 3. The SMILES string of the molecule is CCc1cc(N)nn1-c1ccncc1. The number of nitrogen functional groups attached to an aromatic ring is 1. The Balaban J connectivity index is 2.51. The van der Waals surface area contributed by atoms with Gasteiger partial charge in [0.25, 0.3) is 0 Å². The predicted molar refractivity (Wildman–Crippen MR) is 55.1 cm³/mol. The number of nitrogens with two attached hydrogens (primary N) is 1. The number of rotatable bonds is 2. The third-order valence-corrected chi connectivity index (χ3v) is 2.07. The Bertz CT molecular complexity index is 419. The number of aryl methyl sites for hydroxylation is 1. The molecular formula is C10H12N4. The maximum Gasteiger partial charge on any atom is 0.146 e. The van der Waals surface area contributed by atoms with Crippen LogP contribution < -0.4 is 5.73 Å². The molecule has 0 atom stereocenters. The van der Waals surface area contributed by atoms with Crippen LogP contribution in [-0.2, 0) is 6.42 Å². The summed E-state index contributed by atoms with van der Waals surface area (Å²) in [6.45, 7) is 2.08. The monoisotopic (exact) mass is 188 g/mol.